The molecule has 0 spiro atoms. The van der Waals surface area contributed by atoms with Crippen molar-refractivity contribution in [2.45, 2.75) is 56.3 Å². The van der Waals surface area contributed by atoms with Gasteiger partial charge in [-0.2, -0.15) is 0 Å². The zero-order valence-electron chi connectivity index (χ0n) is 13.8. The standard InChI is InChI=1S/C20H24N4/c1-2-14-10-16-5-6-18(23-16)12-20-8-7-19(24-20)11-17-4-3-15(22-17)9-13(1)21-14/h1-4,9-11,16,18-21,23-24H,5-8,12H2. The highest BCUT2D eigenvalue weighted by Crippen LogP contribution is 2.24. The summed E-state index contributed by atoms with van der Waals surface area (Å²) in [6.07, 6.45) is 17.2. The molecule has 124 valence electrons. The number of allylic oxidation sites excluding steroid dienone is 2. The van der Waals surface area contributed by atoms with Gasteiger partial charge < -0.3 is 15.6 Å². The first-order chi connectivity index (χ1) is 11.8. The molecule has 4 nitrogen and oxygen atoms in total. The van der Waals surface area contributed by atoms with Crippen LogP contribution in [-0.2, 0) is 0 Å². The maximum atomic E-state index is 4.74. The van der Waals surface area contributed by atoms with E-state index in [1.54, 1.807) is 0 Å². The summed E-state index contributed by atoms with van der Waals surface area (Å²) in [6.45, 7) is 0. The molecule has 2 saturated heterocycles. The van der Waals surface area contributed by atoms with Gasteiger partial charge in [0.05, 0.1) is 11.4 Å². The molecule has 0 aliphatic carbocycles. The number of aromatic amines is 1. The monoisotopic (exact) mass is 320 g/mol. The van der Waals surface area contributed by atoms with Crippen molar-refractivity contribution in [3.8, 4) is 0 Å². The summed E-state index contributed by atoms with van der Waals surface area (Å²) in [7, 11) is 0. The van der Waals surface area contributed by atoms with E-state index in [0.29, 0.717) is 24.2 Å². The van der Waals surface area contributed by atoms with E-state index in [0.717, 1.165) is 16.8 Å². The van der Waals surface area contributed by atoms with Crippen LogP contribution in [0.5, 0.6) is 0 Å². The van der Waals surface area contributed by atoms with Crippen molar-refractivity contribution in [2.75, 3.05) is 0 Å². The van der Waals surface area contributed by atoms with Gasteiger partial charge in [0.2, 0.25) is 0 Å². The summed E-state index contributed by atoms with van der Waals surface area (Å²) in [5.41, 5.74) is 2.11. The third-order valence-electron chi connectivity index (χ3n) is 5.59. The smallest absolute Gasteiger partial charge is 0.0658 e. The van der Waals surface area contributed by atoms with Gasteiger partial charge in [-0.1, -0.05) is 0 Å². The number of fused-ring (bicyclic) bond motifs is 7. The number of H-pyrrole nitrogens is 1. The van der Waals surface area contributed by atoms with Crippen molar-refractivity contribution in [3.05, 3.63) is 46.8 Å². The number of aliphatic imine (C=N–C) groups is 1. The molecule has 4 heteroatoms. The molecule has 0 aromatic carbocycles. The Morgan fingerprint density at radius 3 is 2.42 bits per heavy atom. The van der Waals surface area contributed by atoms with E-state index >= 15 is 0 Å². The maximum absolute atomic E-state index is 4.74. The van der Waals surface area contributed by atoms with E-state index in [2.05, 4.69) is 58.1 Å². The van der Waals surface area contributed by atoms with Crippen LogP contribution in [0.4, 0.5) is 0 Å². The lowest BCUT2D eigenvalue weighted by Crippen LogP contribution is -2.36. The molecule has 4 unspecified atom stereocenters. The maximum Gasteiger partial charge on any atom is 0.0658 e. The average molecular weight is 320 g/mol. The van der Waals surface area contributed by atoms with Crippen LogP contribution in [0.3, 0.4) is 0 Å². The van der Waals surface area contributed by atoms with Crippen LogP contribution < -0.4 is 21.3 Å². The van der Waals surface area contributed by atoms with Crippen LogP contribution in [0.2, 0.25) is 0 Å². The predicted octanol–water partition coefficient (Wildman–Crippen LogP) is 1.12. The molecule has 0 saturated carbocycles. The minimum Gasteiger partial charge on any atom is -0.356 e. The van der Waals surface area contributed by atoms with Crippen molar-refractivity contribution >= 4 is 17.9 Å². The minimum absolute atomic E-state index is 0.464. The normalized spacial score (nSPS) is 34.5. The van der Waals surface area contributed by atoms with E-state index < -0.39 is 0 Å². The molecular formula is C20H24N4. The molecule has 2 fully saturated rings. The fourth-order valence-electron chi connectivity index (χ4n) is 4.44. The lowest BCUT2D eigenvalue weighted by atomic mass is 10.0. The Hall–Kier alpha value is -1.91. The van der Waals surface area contributed by atoms with Crippen LogP contribution in [0.1, 0.15) is 32.1 Å². The lowest BCUT2D eigenvalue weighted by molar-refractivity contribution is 0.447. The Balaban J connectivity index is 1.53. The van der Waals surface area contributed by atoms with Gasteiger partial charge in [-0.3, -0.25) is 0 Å². The lowest BCUT2D eigenvalue weighted by Gasteiger charge is -2.18. The zero-order valence-corrected chi connectivity index (χ0v) is 13.8. The number of hydrogen-bond donors (Lipinski definition) is 3. The first-order valence-corrected chi connectivity index (χ1v) is 9.19. The van der Waals surface area contributed by atoms with Crippen LogP contribution in [0.25, 0.3) is 12.2 Å². The SMILES string of the molecule is C1=CC2=NC1=CC1CCC(CC3CCC(C=c4ccc([nH]4)=C2)N3)N1. The number of aromatic nitrogens is 1. The average Bonchev–Trinajstić information content (AvgIpc) is 3.32. The minimum atomic E-state index is 0.464. The van der Waals surface area contributed by atoms with E-state index in [4.69, 9.17) is 4.99 Å². The molecule has 1 aromatic heterocycles. The summed E-state index contributed by atoms with van der Waals surface area (Å²) in [5.74, 6) is 0. The van der Waals surface area contributed by atoms with Crippen LogP contribution in [0, 0.1) is 0 Å². The van der Waals surface area contributed by atoms with Crippen molar-refractivity contribution in [2.24, 2.45) is 4.99 Å². The van der Waals surface area contributed by atoms with Crippen LogP contribution in [0.15, 0.2) is 41.1 Å². The van der Waals surface area contributed by atoms with Crippen molar-refractivity contribution in [1.29, 1.82) is 0 Å². The highest BCUT2D eigenvalue weighted by molar-refractivity contribution is 6.19. The second kappa shape index (κ2) is 5.87. The quantitative estimate of drug-likeness (QED) is 0.671. The van der Waals surface area contributed by atoms with Gasteiger partial charge in [-0.25, -0.2) is 4.99 Å². The number of nitrogens with zero attached hydrogens (tertiary/aromatic N) is 1. The fraction of sp³-hybridized carbons (Fsp3) is 0.450. The van der Waals surface area contributed by atoms with E-state index in [-0.39, 0.29) is 0 Å². The summed E-state index contributed by atoms with van der Waals surface area (Å²) >= 11 is 0. The Kier molecular flexibility index (Phi) is 3.53. The predicted molar refractivity (Wildman–Crippen MR) is 98.1 cm³/mol. The Morgan fingerprint density at radius 2 is 1.58 bits per heavy atom. The molecule has 8 bridgehead atoms. The molecule has 0 radical (unpaired) electrons. The van der Waals surface area contributed by atoms with E-state index in [1.165, 1.54) is 37.5 Å². The third kappa shape index (κ3) is 2.92. The highest BCUT2D eigenvalue weighted by Gasteiger charge is 2.29. The molecule has 3 N–H and O–H groups in total. The van der Waals surface area contributed by atoms with E-state index in [9.17, 15) is 0 Å². The molecule has 5 heterocycles. The third-order valence-corrected chi connectivity index (χ3v) is 5.59. The summed E-state index contributed by atoms with van der Waals surface area (Å²) < 4.78 is 0. The zero-order chi connectivity index (χ0) is 15.9. The number of hydrogen-bond acceptors (Lipinski definition) is 3. The summed E-state index contributed by atoms with van der Waals surface area (Å²) in [4.78, 5) is 8.23. The van der Waals surface area contributed by atoms with Gasteiger partial charge in [0, 0.05) is 34.9 Å². The molecule has 4 aliphatic heterocycles. The topological polar surface area (TPSA) is 52.2 Å². The van der Waals surface area contributed by atoms with Gasteiger partial charge in [-0.05, 0) is 74.6 Å². The van der Waals surface area contributed by atoms with Crippen LogP contribution >= 0.6 is 0 Å². The molecule has 24 heavy (non-hydrogen) atoms. The fourth-order valence-corrected chi connectivity index (χ4v) is 4.44. The number of nitrogens with one attached hydrogen (secondary N) is 3. The molecule has 1 aromatic rings. The number of rotatable bonds is 0. The molecule has 4 atom stereocenters. The van der Waals surface area contributed by atoms with Crippen LogP contribution in [-0.4, -0.2) is 34.9 Å². The molecule has 0 amide bonds. The van der Waals surface area contributed by atoms with Crippen molar-refractivity contribution in [3.63, 3.8) is 0 Å². The summed E-state index contributed by atoms with van der Waals surface area (Å²) in [6, 6.07) is 6.53. The Morgan fingerprint density at radius 1 is 0.833 bits per heavy atom. The Bertz CT molecular complexity index is 841. The highest BCUT2D eigenvalue weighted by atomic mass is 15.0. The van der Waals surface area contributed by atoms with Gasteiger partial charge in [0.1, 0.15) is 0 Å². The van der Waals surface area contributed by atoms with Gasteiger partial charge in [0.15, 0.2) is 0 Å². The first-order valence-electron chi connectivity index (χ1n) is 9.19. The second-order valence-corrected chi connectivity index (χ2v) is 7.47. The Labute approximate surface area is 142 Å². The molecule has 5 rings (SSSR count). The van der Waals surface area contributed by atoms with E-state index in [1.807, 2.05) is 0 Å². The van der Waals surface area contributed by atoms with Crippen molar-refractivity contribution < 1.29 is 0 Å². The molecular weight excluding hydrogens is 296 g/mol. The van der Waals surface area contributed by atoms with Gasteiger partial charge >= 0.3 is 0 Å². The van der Waals surface area contributed by atoms with Gasteiger partial charge in [0.25, 0.3) is 0 Å². The van der Waals surface area contributed by atoms with Gasteiger partial charge in [-0.15, -0.1) is 0 Å². The molecule has 4 aliphatic rings. The summed E-state index contributed by atoms with van der Waals surface area (Å²) in [5, 5.41) is 9.92. The second-order valence-electron chi connectivity index (χ2n) is 7.47. The first kappa shape index (κ1) is 14.4. The largest absolute Gasteiger partial charge is 0.356 e. The van der Waals surface area contributed by atoms with Crippen molar-refractivity contribution in [1.82, 2.24) is 15.6 Å².